The van der Waals surface area contributed by atoms with Crippen LogP contribution in [0.4, 0.5) is 15.8 Å². The van der Waals surface area contributed by atoms with E-state index in [1.165, 1.54) is 12.1 Å². The van der Waals surface area contributed by atoms with Gasteiger partial charge in [-0.2, -0.15) is 0 Å². The number of carbonyl (C=O) groups excluding carboxylic acids is 2. The van der Waals surface area contributed by atoms with Crippen LogP contribution in [0.2, 0.25) is 0 Å². The molecule has 1 aliphatic heterocycles. The Bertz CT molecular complexity index is 833. The van der Waals surface area contributed by atoms with Gasteiger partial charge in [-0.15, -0.1) is 0 Å². The smallest absolute Gasteiger partial charge is 0.313 e. The van der Waals surface area contributed by atoms with Crippen LogP contribution in [0.25, 0.3) is 0 Å². The zero-order chi connectivity index (χ0) is 20.6. The van der Waals surface area contributed by atoms with Gasteiger partial charge in [0.05, 0.1) is 0 Å². The molecule has 0 atom stereocenters. The number of carbonyl (C=O) groups is 2. The summed E-state index contributed by atoms with van der Waals surface area (Å²) in [5, 5.41) is 5.31. The van der Waals surface area contributed by atoms with Gasteiger partial charge in [0.15, 0.2) is 0 Å². The monoisotopic (exact) mass is 398 g/mol. The predicted molar refractivity (Wildman–Crippen MR) is 112 cm³/mol. The van der Waals surface area contributed by atoms with E-state index < -0.39 is 11.8 Å². The molecule has 0 aromatic heterocycles. The molecule has 1 fully saturated rings. The fourth-order valence-electron chi connectivity index (χ4n) is 3.36. The average molecular weight is 398 g/mol. The summed E-state index contributed by atoms with van der Waals surface area (Å²) in [7, 11) is 0. The van der Waals surface area contributed by atoms with Crippen molar-refractivity contribution in [2.75, 3.05) is 49.5 Å². The van der Waals surface area contributed by atoms with Crippen LogP contribution in [0.15, 0.2) is 48.5 Å². The van der Waals surface area contributed by atoms with Crippen LogP contribution >= 0.6 is 0 Å². The Morgan fingerprint density at radius 3 is 2.34 bits per heavy atom. The molecule has 29 heavy (non-hydrogen) atoms. The predicted octanol–water partition coefficient (Wildman–Crippen LogP) is 2.40. The van der Waals surface area contributed by atoms with Gasteiger partial charge in [-0.05, 0) is 55.8 Å². The molecule has 0 aliphatic carbocycles. The highest BCUT2D eigenvalue weighted by molar-refractivity contribution is 6.39. The maximum absolute atomic E-state index is 13.0. The average Bonchev–Trinajstić information content (AvgIpc) is 2.74. The Morgan fingerprint density at radius 1 is 0.966 bits per heavy atom. The zero-order valence-electron chi connectivity index (χ0n) is 16.7. The molecule has 3 rings (SSSR count). The number of rotatable bonds is 6. The van der Waals surface area contributed by atoms with Gasteiger partial charge in [-0.25, -0.2) is 4.39 Å². The fourth-order valence-corrected chi connectivity index (χ4v) is 3.36. The van der Waals surface area contributed by atoms with Crippen LogP contribution in [-0.2, 0) is 9.59 Å². The number of hydrogen-bond acceptors (Lipinski definition) is 4. The molecule has 0 saturated carbocycles. The second-order valence-electron chi connectivity index (χ2n) is 7.18. The van der Waals surface area contributed by atoms with E-state index in [1.807, 2.05) is 37.3 Å². The Kier molecular flexibility index (Phi) is 7.19. The molecular weight excluding hydrogens is 371 g/mol. The second kappa shape index (κ2) is 10.0. The molecule has 2 aromatic rings. The summed E-state index contributed by atoms with van der Waals surface area (Å²) in [5.74, 6) is -1.48. The minimum absolute atomic E-state index is 0.220. The summed E-state index contributed by atoms with van der Waals surface area (Å²) >= 11 is 0. The van der Waals surface area contributed by atoms with E-state index in [9.17, 15) is 14.0 Å². The summed E-state index contributed by atoms with van der Waals surface area (Å²) < 4.78 is 13.0. The summed E-state index contributed by atoms with van der Waals surface area (Å²) in [4.78, 5) is 28.5. The highest BCUT2D eigenvalue weighted by atomic mass is 19.1. The van der Waals surface area contributed by atoms with Crippen LogP contribution in [0.5, 0.6) is 0 Å². The topological polar surface area (TPSA) is 64.7 Å². The van der Waals surface area contributed by atoms with Gasteiger partial charge < -0.3 is 15.5 Å². The lowest BCUT2D eigenvalue weighted by molar-refractivity contribution is -0.136. The van der Waals surface area contributed by atoms with Gasteiger partial charge in [0.25, 0.3) is 0 Å². The molecule has 2 amide bonds. The summed E-state index contributed by atoms with van der Waals surface area (Å²) in [6.45, 7) is 6.80. The fraction of sp³-hybridized carbons (Fsp3) is 0.364. The molecule has 0 unspecified atom stereocenters. The molecule has 1 saturated heterocycles. The zero-order valence-corrected chi connectivity index (χ0v) is 16.7. The Hall–Kier alpha value is -2.93. The molecule has 2 aromatic carbocycles. The number of nitrogens with zero attached hydrogens (tertiary/aromatic N) is 2. The quantitative estimate of drug-likeness (QED) is 0.579. The van der Waals surface area contributed by atoms with Gasteiger partial charge in [0, 0.05) is 44.1 Å². The minimum atomic E-state index is -0.646. The van der Waals surface area contributed by atoms with E-state index in [4.69, 9.17) is 0 Å². The van der Waals surface area contributed by atoms with Crippen molar-refractivity contribution >= 4 is 23.2 Å². The first-order valence-corrected chi connectivity index (χ1v) is 9.90. The number of benzene rings is 2. The first-order valence-electron chi connectivity index (χ1n) is 9.90. The summed E-state index contributed by atoms with van der Waals surface area (Å²) in [6, 6.07) is 13.9. The second-order valence-corrected chi connectivity index (χ2v) is 7.18. The van der Waals surface area contributed by atoms with Crippen molar-refractivity contribution in [3.05, 3.63) is 59.9 Å². The van der Waals surface area contributed by atoms with Crippen LogP contribution in [-0.4, -0.2) is 56.0 Å². The molecule has 0 radical (unpaired) electrons. The summed E-state index contributed by atoms with van der Waals surface area (Å²) in [6.07, 6.45) is 0.778. The Morgan fingerprint density at radius 2 is 1.66 bits per heavy atom. The molecule has 1 aliphatic rings. The number of piperazine rings is 1. The normalized spacial score (nSPS) is 14.5. The number of para-hydroxylation sites is 1. The lowest BCUT2D eigenvalue weighted by atomic mass is 10.2. The van der Waals surface area contributed by atoms with Crippen molar-refractivity contribution < 1.29 is 14.0 Å². The molecule has 1 heterocycles. The number of amides is 2. The Labute approximate surface area is 170 Å². The highest BCUT2D eigenvalue weighted by Crippen LogP contribution is 2.17. The van der Waals surface area contributed by atoms with E-state index in [2.05, 4.69) is 20.4 Å². The van der Waals surface area contributed by atoms with E-state index in [0.717, 1.165) is 50.4 Å². The first kappa shape index (κ1) is 20.8. The van der Waals surface area contributed by atoms with E-state index in [-0.39, 0.29) is 5.82 Å². The van der Waals surface area contributed by atoms with Crippen LogP contribution in [0, 0.1) is 12.7 Å². The Balaban J connectivity index is 1.32. The van der Waals surface area contributed by atoms with Crippen molar-refractivity contribution in [3.63, 3.8) is 0 Å². The SMILES string of the molecule is Cc1ccccc1NC(=O)C(=O)NCCCN1CCN(c2ccc(F)cc2)CC1. The maximum atomic E-state index is 13.0. The van der Waals surface area contributed by atoms with Crippen LogP contribution < -0.4 is 15.5 Å². The standard InChI is InChI=1S/C22H27FN4O2/c1-17-5-2-3-6-20(17)25-22(29)21(28)24-11-4-12-26-13-15-27(16-14-26)19-9-7-18(23)8-10-19/h2-3,5-10H,4,11-16H2,1H3,(H,24,28)(H,25,29). The highest BCUT2D eigenvalue weighted by Gasteiger charge is 2.18. The molecule has 0 bridgehead atoms. The lowest BCUT2D eigenvalue weighted by Gasteiger charge is -2.36. The number of aryl methyl sites for hydroxylation is 1. The van der Waals surface area contributed by atoms with Crippen molar-refractivity contribution in [2.45, 2.75) is 13.3 Å². The van der Waals surface area contributed by atoms with Gasteiger partial charge in [-0.3, -0.25) is 14.5 Å². The van der Waals surface area contributed by atoms with Crippen molar-refractivity contribution in [3.8, 4) is 0 Å². The lowest BCUT2D eigenvalue weighted by Crippen LogP contribution is -2.47. The number of hydrogen-bond donors (Lipinski definition) is 2. The largest absolute Gasteiger partial charge is 0.369 e. The number of nitrogens with one attached hydrogen (secondary N) is 2. The maximum Gasteiger partial charge on any atom is 0.313 e. The first-order chi connectivity index (χ1) is 14.0. The molecule has 0 spiro atoms. The van der Waals surface area contributed by atoms with Gasteiger partial charge in [0.2, 0.25) is 0 Å². The molecular formula is C22H27FN4O2. The van der Waals surface area contributed by atoms with Crippen LogP contribution in [0.3, 0.4) is 0 Å². The molecule has 154 valence electrons. The van der Waals surface area contributed by atoms with Gasteiger partial charge in [-0.1, -0.05) is 18.2 Å². The molecule has 6 nitrogen and oxygen atoms in total. The van der Waals surface area contributed by atoms with Gasteiger partial charge >= 0.3 is 11.8 Å². The van der Waals surface area contributed by atoms with Crippen molar-refractivity contribution in [1.29, 1.82) is 0 Å². The molecule has 2 N–H and O–H groups in total. The number of anilines is 2. The third kappa shape index (κ3) is 6.02. The van der Waals surface area contributed by atoms with E-state index in [1.54, 1.807) is 6.07 Å². The van der Waals surface area contributed by atoms with Gasteiger partial charge in [0.1, 0.15) is 5.82 Å². The third-order valence-electron chi connectivity index (χ3n) is 5.10. The minimum Gasteiger partial charge on any atom is -0.369 e. The van der Waals surface area contributed by atoms with E-state index >= 15 is 0 Å². The molecule has 7 heteroatoms. The number of halogens is 1. The van der Waals surface area contributed by atoms with E-state index in [0.29, 0.717) is 12.2 Å². The van der Waals surface area contributed by atoms with Crippen molar-refractivity contribution in [2.24, 2.45) is 0 Å². The summed E-state index contributed by atoms with van der Waals surface area (Å²) in [5.41, 5.74) is 2.60. The van der Waals surface area contributed by atoms with Crippen LogP contribution in [0.1, 0.15) is 12.0 Å². The third-order valence-corrected chi connectivity index (χ3v) is 5.10. The van der Waals surface area contributed by atoms with Crippen molar-refractivity contribution in [1.82, 2.24) is 10.2 Å².